The summed E-state index contributed by atoms with van der Waals surface area (Å²) in [5.41, 5.74) is -1.25. The van der Waals surface area contributed by atoms with Crippen molar-refractivity contribution in [3.05, 3.63) is 51.8 Å². The average Bonchev–Trinajstić information content (AvgIpc) is 2.42. The van der Waals surface area contributed by atoms with Crippen LogP contribution in [0.4, 0.5) is 10.2 Å². The summed E-state index contributed by atoms with van der Waals surface area (Å²) >= 11 is 5.66. The third-order valence-corrected chi connectivity index (χ3v) is 4.42. The highest BCUT2D eigenvalue weighted by molar-refractivity contribution is 7.90. The minimum absolute atomic E-state index is 0.150. The highest BCUT2D eigenvalue weighted by Gasteiger charge is 2.21. The van der Waals surface area contributed by atoms with Crippen LogP contribution in [0.2, 0.25) is 5.02 Å². The van der Waals surface area contributed by atoms with E-state index in [1.807, 2.05) is 5.32 Å². The van der Waals surface area contributed by atoms with Crippen molar-refractivity contribution in [1.29, 1.82) is 0 Å². The van der Waals surface area contributed by atoms with Gasteiger partial charge in [-0.3, -0.25) is 4.79 Å². The third kappa shape index (κ3) is 3.15. The van der Waals surface area contributed by atoms with Crippen molar-refractivity contribution in [2.45, 2.75) is 11.8 Å². The molecule has 2 aromatic rings. The Morgan fingerprint density at radius 2 is 1.91 bits per heavy atom. The molecule has 1 aromatic carbocycles. The summed E-state index contributed by atoms with van der Waals surface area (Å²) in [6.45, 7) is 1.09. The molecule has 1 N–H and O–H groups in total. The molecule has 1 aromatic heterocycles. The van der Waals surface area contributed by atoms with Gasteiger partial charge in [-0.2, -0.15) is 8.96 Å². The number of nitrogens with one attached hydrogen (secondary N) is 1. The molecule has 0 atom stereocenters. The first kappa shape index (κ1) is 16.1. The van der Waals surface area contributed by atoms with Gasteiger partial charge in [-0.05, 0) is 24.3 Å². The fourth-order valence-corrected chi connectivity index (χ4v) is 2.88. The van der Waals surface area contributed by atoms with Crippen molar-refractivity contribution in [3.8, 4) is 0 Å². The summed E-state index contributed by atoms with van der Waals surface area (Å²) in [5.74, 6) is -2.45. The summed E-state index contributed by atoms with van der Waals surface area (Å²) in [6, 6.07) is 4.97. The highest BCUT2D eigenvalue weighted by atomic mass is 35.5. The van der Waals surface area contributed by atoms with Crippen LogP contribution < -0.4 is 11.0 Å². The van der Waals surface area contributed by atoms with Crippen LogP contribution in [-0.4, -0.2) is 23.3 Å². The van der Waals surface area contributed by atoms with E-state index in [0.717, 1.165) is 6.92 Å². The van der Waals surface area contributed by atoms with Gasteiger partial charge in [0, 0.05) is 11.9 Å². The van der Waals surface area contributed by atoms with Crippen LogP contribution >= 0.6 is 11.6 Å². The quantitative estimate of drug-likeness (QED) is 0.902. The highest BCUT2D eigenvalue weighted by Crippen LogP contribution is 2.17. The van der Waals surface area contributed by atoms with Crippen LogP contribution in [0.3, 0.4) is 0 Å². The Kier molecular flexibility index (Phi) is 4.29. The predicted octanol–water partition coefficient (Wildman–Crippen LogP) is 1.23. The summed E-state index contributed by atoms with van der Waals surface area (Å²) in [4.78, 5) is 25.6. The van der Waals surface area contributed by atoms with Gasteiger partial charge >= 0.3 is 5.69 Å². The SMILES string of the molecule is CC(=O)Nc1nc(=O)n(S(=O)(=O)c2ccc(Cl)cc2)cc1F. The number of rotatable bonds is 3. The molecule has 0 aliphatic carbocycles. The number of halogens is 2. The molecule has 0 saturated carbocycles. The predicted molar refractivity (Wildman–Crippen MR) is 76.8 cm³/mol. The van der Waals surface area contributed by atoms with Gasteiger partial charge in [-0.1, -0.05) is 11.6 Å². The van der Waals surface area contributed by atoms with Crippen LogP contribution in [0, 0.1) is 5.82 Å². The van der Waals surface area contributed by atoms with Crippen molar-refractivity contribution >= 4 is 33.3 Å². The van der Waals surface area contributed by atoms with Gasteiger partial charge in [0.05, 0.1) is 11.1 Å². The molecule has 0 saturated heterocycles. The zero-order valence-corrected chi connectivity index (χ0v) is 12.7. The third-order valence-electron chi connectivity index (χ3n) is 2.52. The molecule has 7 nitrogen and oxygen atoms in total. The lowest BCUT2D eigenvalue weighted by Crippen LogP contribution is -2.31. The Bertz CT molecular complexity index is 894. The van der Waals surface area contributed by atoms with Crippen molar-refractivity contribution < 1.29 is 17.6 Å². The monoisotopic (exact) mass is 345 g/mol. The molecule has 116 valence electrons. The second-order valence-corrected chi connectivity index (χ2v) is 6.41. The van der Waals surface area contributed by atoms with Crippen LogP contribution in [0.5, 0.6) is 0 Å². The molecule has 10 heteroatoms. The Morgan fingerprint density at radius 1 is 1.32 bits per heavy atom. The summed E-state index contributed by atoms with van der Waals surface area (Å²) < 4.78 is 38.5. The van der Waals surface area contributed by atoms with Gasteiger partial charge in [0.25, 0.3) is 10.0 Å². The summed E-state index contributed by atoms with van der Waals surface area (Å²) in [5, 5.41) is 2.29. The number of carbonyl (C=O) groups excluding carboxylic acids is 1. The molecule has 0 aliphatic heterocycles. The number of aromatic nitrogens is 2. The topological polar surface area (TPSA) is 98.1 Å². The summed E-state index contributed by atoms with van der Waals surface area (Å²) in [6.07, 6.45) is 0.449. The fourth-order valence-electron chi connectivity index (χ4n) is 1.56. The molecule has 0 aliphatic rings. The number of benzene rings is 1. The standard InChI is InChI=1S/C12H9ClFN3O4S/c1-7(18)15-11-10(14)6-17(12(19)16-11)22(20,21)9-4-2-8(13)3-5-9/h2-6H,1H3,(H,15,16,18,19). The molecule has 1 heterocycles. The lowest BCUT2D eigenvalue weighted by Gasteiger charge is -2.09. The number of hydrogen-bond donors (Lipinski definition) is 1. The first-order chi connectivity index (χ1) is 10.2. The van der Waals surface area contributed by atoms with Gasteiger partial charge in [0.2, 0.25) is 5.91 Å². The van der Waals surface area contributed by atoms with Gasteiger partial charge in [-0.15, -0.1) is 0 Å². The van der Waals surface area contributed by atoms with Crippen LogP contribution in [0.25, 0.3) is 0 Å². The van der Waals surface area contributed by atoms with Gasteiger partial charge < -0.3 is 5.32 Å². The van der Waals surface area contributed by atoms with Crippen LogP contribution in [-0.2, 0) is 14.8 Å². The largest absolute Gasteiger partial charge is 0.363 e. The molecule has 22 heavy (non-hydrogen) atoms. The first-order valence-corrected chi connectivity index (χ1v) is 7.61. The van der Waals surface area contributed by atoms with Crippen molar-refractivity contribution in [2.24, 2.45) is 0 Å². The zero-order valence-electron chi connectivity index (χ0n) is 11.1. The van der Waals surface area contributed by atoms with E-state index in [1.165, 1.54) is 24.3 Å². The van der Waals surface area contributed by atoms with E-state index >= 15 is 0 Å². The van der Waals surface area contributed by atoms with Crippen LogP contribution in [0.1, 0.15) is 6.92 Å². The lowest BCUT2D eigenvalue weighted by molar-refractivity contribution is -0.114. The van der Waals surface area contributed by atoms with Crippen molar-refractivity contribution in [3.63, 3.8) is 0 Å². The van der Waals surface area contributed by atoms with Crippen LogP contribution in [0.15, 0.2) is 40.2 Å². The smallest absolute Gasteiger partial charge is 0.308 e. The molecule has 0 unspecified atom stereocenters. The minimum atomic E-state index is -4.32. The van der Waals surface area contributed by atoms with Gasteiger partial charge in [-0.25, -0.2) is 17.6 Å². The Labute approximate surface area is 129 Å². The second-order valence-electron chi connectivity index (χ2n) is 4.16. The van der Waals surface area contributed by atoms with E-state index in [2.05, 4.69) is 4.98 Å². The van der Waals surface area contributed by atoms with Crippen molar-refractivity contribution in [2.75, 3.05) is 5.32 Å². The first-order valence-electron chi connectivity index (χ1n) is 5.80. The van der Waals surface area contributed by atoms with E-state index in [4.69, 9.17) is 11.6 Å². The average molecular weight is 346 g/mol. The van der Waals surface area contributed by atoms with Crippen molar-refractivity contribution in [1.82, 2.24) is 8.96 Å². The Hall–Kier alpha value is -2.26. The molecule has 1 amide bonds. The molecule has 2 rings (SSSR count). The number of carbonyl (C=O) groups is 1. The number of nitrogens with zero attached hydrogens (tertiary/aromatic N) is 2. The summed E-state index contributed by atoms with van der Waals surface area (Å²) in [7, 11) is -4.32. The number of amides is 1. The normalized spacial score (nSPS) is 11.2. The maximum atomic E-state index is 13.8. The molecule has 0 radical (unpaired) electrons. The molecular weight excluding hydrogens is 337 g/mol. The maximum absolute atomic E-state index is 13.8. The van der Waals surface area contributed by atoms with E-state index in [1.54, 1.807) is 0 Å². The second kappa shape index (κ2) is 5.85. The number of anilines is 1. The van der Waals surface area contributed by atoms with E-state index in [-0.39, 0.29) is 8.87 Å². The van der Waals surface area contributed by atoms with E-state index < -0.39 is 33.3 Å². The van der Waals surface area contributed by atoms with E-state index in [0.29, 0.717) is 11.2 Å². The molecule has 0 spiro atoms. The fraction of sp³-hybridized carbons (Fsp3) is 0.0833. The molecule has 0 fully saturated rings. The molecule has 0 bridgehead atoms. The van der Waals surface area contributed by atoms with E-state index in [9.17, 15) is 22.4 Å². The Balaban J connectivity index is 2.57. The number of hydrogen-bond acceptors (Lipinski definition) is 5. The van der Waals surface area contributed by atoms with Gasteiger partial charge in [0.1, 0.15) is 0 Å². The minimum Gasteiger partial charge on any atom is -0.308 e. The zero-order chi connectivity index (χ0) is 16.5. The lowest BCUT2D eigenvalue weighted by atomic mass is 10.4. The molecular formula is C12H9ClFN3O4S. The Morgan fingerprint density at radius 3 is 2.45 bits per heavy atom. The maximum Gasteiger partial charge on any atom is 0.363 e. The van der Waals surface area contributed by atoms with Gasteiger partial charge in [0.15, 0.2) is 11.6 Å².